The summed E-state index contributed by atoms with van der Waals surface area (Å²) < 4.78 is 0. The molecule has 0 aliphatic rings. The first kappa shape index (κ1) is 12.7. The second-order valence-corrected chi connectivity index (χ2v) is 5.10. The van der Waals surface area contributed by atoms with Crippen molar-refractivity contribution in [3.63, 3.8) is 0 Å². The second-order valence-electron chi connectivity index (χ2n) is 5.10. The molecular formula is C18H18N2. The van der Waals surface area contributed by atoms with E-state index in [0.717, 1.165) is 12.2 Å². The third kappa shape index (κ3) is 2.64. The van der Waals surface area contributed by atoms with E-state index in [4.69, 9.17) is 0 Å². The third-order valence-corrected chi connectivity index (χ3v) is 3.65. The number of benzene rings is 2. The molecule has 0 bridgehead atoms. The fraction of sp³-hybridized carbons (Fsp3) is 0.167. The number of hydrogen-bond donors (Lipinski definition) is 1. The largest absolute Gasteiger partial charge is 0.384 e. The average Bonchev–Trinajstić information content (AvgIpc) is 2.53. The lowest BCUT2D eigenvalue weighted by molar-refractivity contribution is 0.805. The van der Waals surface area contributed by atoms with E-state index < -0.39 is 0 Å². The van der Waals surface area contributed by atoms with Gasteiger partial charge in [-0.1, -0.05) is 49.4 Å². The summed E-state index contributed by atoms with van der Waals surface area (Å²) in [6.45, 7) is 3.16. The van der Waals surface area contributed by atoms with E-state index in [1.54, 1.807) is 0 Å². The van der Waals surface area contributed by atoms with E-state index in [2.05, 4.69) is 65.8 Å². The van der Waals surface area contributed by atoms with Crippen LogP contribution in [-0.4, -0.2) is 11.5 Å². The van der Waals surface area contributed by atoms with Gasteiger partial charge in [0.15, 0.2) is 0 Å². The lowest BCUT2D eigenvalue weighted by atomic mass is 10.0. The van der Waals surface area contributed by atoms with Crippen LogP contribution < -0.4 is 5.32 Å². The minimum absolute atomic E-state index is 0.475. The number of rotatable bonds is 4. The SMILES string of the molecule is CC(CNc1cccc2ccncc12)c1ccccc1. The van der Waals surface area contributed by atoms with E-state index in [0.29, 0.717) is 5.92 Å². The first-order chi connectivity index (χ1) is 9.84. The molecule has 1 aromatic heterocycles. The molecule has 1 heterocycles. The Morgan fingerprint density at radius 1 is 1.00 bits per heavy atom. The molecule has 3 rings (SSSR count). The monoisotopic (exact) mass is 262 g/mol. The zero-order valence-corrected chi connectivity index (χ0v) is 11.6. The standard InChI is InChI=1S/C18H18N2/c1-14(15-6-3-2-4-7-15)12-20-18-9-5-8-16-10-11-19-13-17(16)18/h2-11,13-14,20H,12H2,1H3. The maximum absolute atomic E-state index is 4.22. The maximum Gasteiger partial charge on any atom is 0.0435 e. The van der Waals surface area contributed by atoms with Crippen LogP contribution in [0.4, 0.5) is 5.69 Å². The molecular weight excluding hydrogens is 244 g/mol. The van der Waals surface area contributed by atoms with Gasteiger partial charge >= 0.3 is 0 Å². The summed E-state index contributed by atoms with van der Waals surface area (Å²) in [7, 11) is 0. The van der Waals surface area contributed by atoms with E-state index in [9.17, 15) is 0 Å². The van der Waals surface area contributed by atoms with Crippen LogP contribution in [0.15, 0.2) is 67.0 Å². The number of nitrogens with one attached hydrogen (secondary N) is 1. The predicted octanol–water partition coefficient (Wildman–Crippen LogP) is 4.45. The minimum atomic E-state index is 0.475. The Morgan fingerprint density at radius 2 is 1.85 bits per heavy atom. The van der Waals surface area contributed by atoms with Crippen molar-refractivity contribution < 1.29 is 0 Å². The van der Waals surface area contributed by atoms with Crippen molar-refractivity contribution >= 4 is 16.5 Å². The molecule has 0 spiro atoms. The Labute approximate surface area is 119 Å². The highest BCUT2D eigenvalue weighted by molar-refractivity contribution is 5.93. The van der Waals surface area contributed by atoms with Crippen LogP contribution in [0.2, 0.25) is 0 Å². The Morgan fingerprint density at radius 3 is 2.70 bits per heavy atom. The number of fused-ring (bicyclic) bond motifs is 1. The van der Waals surface area contributed by atoms with Gasteiger partial charge in [-0.25, -0.2) is 0 Å². The van der Waals surface area contributed by atoms with Crippen molar-refractivity contribution in [3.8, 4) is 0 Å². The summed E-state index contributed by atoms with van der Waals surface area (Å²) in [5.41, 5.74) is 2.51. The van der Waals surface area contributed by atoms with Crippen LogP contribution >= 0.6 is 0 Å². The Bertz CT molecular complexity index is 687. The molecule has 1 N–H and O–H groups in total. The highest BCUT2D eigenvalue weighted by Gasteiger charge is 2.06. The van der Waals surface area contributed by atoms with Crippen LogP contribution in [0.25, 0.3) is 10.8 Å². The number of nitrogens with zero attached hydrogens (tertiary/aromatic N) is 1. The van der Waals surface area contributed by atoms with Gasteiger partial charge in [0.2, 0.25) is 0 Å². The average molecular weight is 262 g/mol. The molecule has 2 nitrogen and oxygen atoms in total. The Hall–Kier alpha value is -2.35. The number of pyridine rings is 1. The molecule has 2 aromatic carbocycles. The second kappa shape index (κ2) is 5.74. The van der Waals surface area contributed by atoms with E-state index in [1.807, 2.05) is 18.5 Å². The Balaban J connectivity index is 1.77. The van der Waals surface area contributed by atoms with Crippen LogP contribution in [0.3, 0.4) is 0 Å². The van der Waals surface area contributed by atoms with Crippen LogP contribution in [0.1, 0.15) is 18.4 Å². The lowest BCUT2D eigenvalue weighted by Gasteiger charge is -2.15. The molecule has 0 fully saturated rings. The third-order valence-electron chi connectivity index (χ3n) is 3.65. The van der Waals surface area contributed by atoms with Gasteiger partial charge in [0, 0.05) is 30.0 Å². The normalized spacial score (nSPS) is 12.2. The van der Waals surface area contributed by atoms with Gasteiger partial charge in [0.1, 0.15) is 0 Å². The van der Waals surface area contributed by atoms with Gasteiger partial charge in [0.25, 0.3) is 0 Å². The van der Waals surface area contributed by atoms with Crippen molar-refractivity contribution in [2.75, 3.05) is 11.9 Å². The highest BCUT2D eigenvalue weighted by Crippen LogP contribution is 2.23. The Kier molecular flexibility index (Phi) is 3.64. The fourth-order valence-corrected chi connectivity index (χ4v) is 2.43. The summed E-state index contributed by atoms with van der Waals surface area (Å²) >= 11 is 0. The fourth-order valence-electron chi connectivity index (χ4n) is 2.43. The molecule has 2 heteroatoms. The summed E-state index contributed by atoms with van der Waals surface area (Å²) in [5, 5.41) is 5.94. The summed E-state index contributed by atoms with van der Waals surface area (Å²) in [5.74, 6) is 0.475. The van der Waals surface area contributed by atoms with E-state index in [1.165, 1.54) is 16.3 Å². The van der Waals surface area contributed by atoms with Crippen molar-refractivity contribution in [2.24, 2.45) is 0 Å². The zero-order valence-electron chi connectivity index (χ0n) is 11.6. The molecule has 1 atom stereocenters. The van der Waals surface area contributed by atoms with Crippen LogP contribution in [0.5, 0.6) is 0 Å². The van der Waals surface area contributed by atoms with Crippen LogP contribution in [0, 0.1) is 0 Å². The number of anilines is 1. The molecule has 20 heavy (non-hydrogen) atoms. The molecule has 100 valence electrons. The van der Waals surface area contributed by atoms with Gasteiger partial charge in [-0.15, -0.1) is 0 Å². The van der Waals surface area contributed by atoms with Gasteiger partial charge < -0.3 is 5.32 Å². The highest BCUT2D eigenvalue weighted by atomic mass is 14.9. The van der Waals surface area contributed by atoms with E-state index >= 15 is 0 Å². The number of hydrogen-bond acceptors (Lipinski definition) is 2. The van der Waals surface area contributed by atoms with Gasteiger partial charge in [-0.2, -0.15) is 0 Å². The molecule has 0 amide bonds. The molecule has 0 radical (unpaired) electrons. The minimum Gasteiger partial charge on any atom is -0.384 e. The maximum atomic E-state index is 4.22. The van der Waals surface area contributed by atoms with Crippen LogP contribution in [-0.2, 0) is 0 Å². The van der Waals surface area contributed by atoms with Gasteiger partial charge in [0.05, 0.1) is 0 Å². The first-order valence-electron chi connectivity index (χ1n) is 6.96. The zero-order chi connectivity index (χ0) is 13.8. The first-order valence-corrected chi connectivity index (χ1v) is 6.96. The number of aromatic nitrogens is 1. The summed E-state index contributed by atoms with van der Waals surface area (Å²) in [6.07, 6.45) is 3.75. The molecule has 0 aliphatic carbocycles. The predicted molar refractivity (Wildman–Crippen MR) is 85.1 cm³/mol. The van der Waals surface area contributed by atoms with Crippen molar-refractivity contribution in [1.29, 1.82) is 0 Å². The molecule has 0 saturated carbocycles. The smallest absolute Gasteiger partial charge is 0.0435 e. The summed E-state index contributed by atoms with van der Waals surface area (Å²) in [4.78, 5) is 4.22. The molecule has 0 saturated heterocycles. The van der Waals surface area contributed by atoms with Gasteiger partial charge in [-0.3, -0.25) is 4.98 Å². The quantitative estimate of drug-likeness (QED) is 0.751. The van der Waals surface area contributed by atoms with Crippen molar-refractivity contribution in [2.45, 2.75) is 12.8 Å². The molecule has 3 aromatic rings. The van der Waals surface area contributed by atoms with Gasteiger partial charge in [-0.05, 0) is 29.0 Å². The van der Waals surface area contributed by atoms with E-state index in [-0.39, 0.29) is 0 Å². The lowest BCUT2D eigenvalue weighted by Crippen LogP contribution is -2.10. The summed E-state index contributed by atoms with van der Waals surface area (Å²) in [6, 6.07) is 18.9. The van der Waals surface area contributed by atoms with Crippen molar-refractivity contribution in [1.82, 2.24) is 4.98 Å². The topological polar surface area (TPSA) is 24.9 Å². The molecule has 0 aliphatic heterocycles. The molecule has 1 unspecified atom stereocenters. The van der Waals surface area contributed by atoms with Crippen molar-refractivity contribution in [3.05, 3.63) is 72.6 Å².